The molecule has 0 radical (unpaired) electrons. The molecule has 0 aliphatic carbocycles. The van der Waals surface area contributed by atoms with Crippen molar-refractivity contribution in [2.75, 3.05) is 5.32 Å². The van der Waals surface area contributed by atoms with Crippen molar-refractivity contribution in [3.05, 3.63) is 48.0 Å². The summed E-state index contributed by atoms with van der Waals surface area (Å²) in [6.45, 7) is 3.60. The highest BCUT2D eigenvalue weighted by Gasteiger charge is 2.26. The van der Waals surface area contributed by atoms with E-state index < -0.39 is 17.8 Å². The van der Waals surface area contributed by atoms with Crippen LogP contribution in [0.25, 0.3) is 0 Å². The predicted octanol–water partition coefficient (Wildman–Crippen LogP) is 1.95. The standard InChI is InChI=1S/C16H19FN4O2/c1-10(2)14(16(23)19-11-8-18-21(3)9-11)20-15(22)12-6-4-5-7-13(12)17/h4-10,14H,1-3H3,(H,19,23)(H,20,22)/t14-/m0/s1. The fourth-order valence-electron chi connectivity index (χ4n) is 2.11. The summed E-state index contributed by atoms with van der Waals surface area (Å²) in [4.78, 5) is 24.6. The second kappa shape index (κ2) is 7.04. The number of amides is 2. The lowest BCUT2D eigenvalue weighted by Crippen LogP contribution is -2.47. The number of benzene rings is 1. The minimum absolute atomic E-state index is 0.0904. The number of nitrogens with one attached hydrogen (secondary N) is 2. The Morgan fingerprint density at radius 2 is 1.96 bits per heavy atom. The first-order valence-corrected chi connectivity index (χ1v) is 7.23. The number of aromatic nitrogens is 2. The third kappa shape index (κ3) is 4.15. The van der Waals surface area contributed by atoms with Crippen LogP contribution in [-0.4, -0.2) is 27.6 Å². The molecule has 2 amide bonds. The van der Waals surface area contributed by atoms with Crippen LogP contribution in [0.2, 0.25) is 0 Å². The third-order valence-electron chi connectivity index (χ3n) is 3.33. The van der Waals surface area contributed by atoms with E-state index in [1.807, 2.05) is 0 Å². The maximum Gasteiger partial charge on any atom is 0.254 e. The highest BCUT2D eigenvalue weighted by molar-refractivity contribution is 6.01. The molecule has 23 heavy (non-hydrogen) atoms. The van der Waals surface area contributed by atoms with Crippen molar-refractivity contribution in [2.45, 2.75) is 19.9 Å². The molecule has 1 atom stereocenters. The number of hydrogen-bond donors (Lipinski definition) is 2. The van der Waals surface area contributed by atoms with Gasteiger partial charge in [0.05, 0.1) is 17.4 Å². The summed E-state index contributed by atoms with van der Waals surface area (Å²) < 4.78 is 15.2. The first kappa shape index (κ1) is 16.7. The highest BCUT2D eigenvalue weighted by atomic mass is 19.1. The minimum atomic E-state index is -0.790. The molecule has 1 aromatic carbocycles. The van der Waals surface area contributed by atoms with Gasteiger partial charge in [-0.2, -0.15) is 5.10 Å². The summed E-state index contributed by atoms with van der Waals surface area (Å²) in [5.41, 5.74) is 0.440. The van der Waals surface area contributed by atoms with Gasteiger partial charge in [-0.3, -0.25) is 14.3 Å². The van der Waals surface area contributed by atoms with Crippen LogP contribution < -0.4 is 10.6 Å². The smallest absolute Gasteiger partial charge is 0.254 e. The van der Waals surface area contributed by atoms with E-state index >= 15 is 0 Å². The van der Waals surface area contributed by atoms with Gasteiger partial charge < -0.3 is 10.6 Å². The summed E-state index contributed by atoms with van der Waals surface area (Å²) >= 11 is 0. The van der Waals surface area contributed by atoms with Crippen LogP contribution in [0, 0.1) is 11.7 Å². The van der Waals surface area contributed by atoms with Gasteiger partial charge in [0, 0.05) is 13.2 Å². The highest BCUT2D eigenvalue weighted by Crippen LogP contribution is 2.11. The molecule has 0 saturated heterocycles. The van der Waals surface area contributed by atoms with Gasteiger partial charge in [0.25, 0.3) is 5.91 Å². The van der Waals surface area contributed by atoms with Crippen LogP contribution in [0.4, 0.5) is 10.1 Å². The second-order valence-corrected chi connectivity index (χ2v) is 5.57. The normalized spacial score (nSPS) is 12.0. The van der Waals surface area contributed by atoms with Crippen molar-refractivity contribution in [1.82, 2.24) is 15.1 Å². The van der Waals surface area contributed by atoms with Gasteiger partial charge in [0.15, 0.2) is 0 Å². The molecule has 2 N–H and O–H groups in total. The van der Waals surface area contributed by atoms with Crippen molar-refractivity contribution in [1.29, 1.82) is 0 Å². The average Bonchev–Trinajstić information content (AvgIpc) is 2.89. The van der Waals surface area contributed by atoms with Crippen molar-refractivity contribution in [3.63, 3.8) is 0 Å². The van der Waals surface area contributed by atoms with Crippen molar-refractivity contribution in [2.24, 2.45) is 13.0 Å². The van der Waals surface area contributed by atoms with Crippen molar-refractivity contribution >= 4 is 17.5 Å². The number of hydrogen-bond acceptors (Lipinski definition) is 3. The van der Waals surface area contributed by atoms with E-state index in [1.54, 1.807) is 37.8 Å². The molecule has 2 aromatic rings. The maximum atomic E-state index is 13.7. The summed E-state index contributed by atoms with van der Waals surface area (Å²) in [5, 5.41) is 9.23. The molecule has 0 aliphatic heterocycles. The maximum absolute atomic E-state index is 13.7. The number of nitrogens with zero attached hydrogens (tertiary/aromatic N) is 2. The van der Waals surface area contributed by atoms with E-state index in [-0.39, 0.29) is 17.4 Å². The molecular formula is C16H19FN4O2. The molecule has 0 unspecified atom stereocenters. The van der Waals surface area contributed by atoms with Gasteiger partial charge in [-0.1, -0.05) is 26.0 Å². The lowest BCUT2D eigenvalue weighted by molar-refractivity contribution is -0.118. The zero-order valence-corrected chi connectivity index (χ0v) is 13.2. The number of anilines is 1. The Labute approximate surface area is 133 Å². The minimum Gasteiger partial charge on any atom is -0.340 e. The quantitative estimate of drug-likeness (QED) is 0.885. The van der Waals surface area contributed by atoms with Crippen molar-refractivity contribution < 1.29 is 14.0 Å². The van der Waals surface area contributed by atoms with Crippen LogP contribution in [0.5, 0.6) is 0 Å². The summed E-state index contributed by atoms with van der Waals surface area (Å²) in [6.07, 6.45) is 3.15. The van der Waals surface area contributed by atoms with Gasteiger partial charge >= 0.3 is 0 Å². The van der Waals surface area contributed by atoms with Crippen LogP contribution in [-0.2, 0) is 11.8 Å². The fourth-order valence-corrected chi connectivity index (χ4v) is 2.11. The Morgan fingerprint density at radius 1 is 1.26 bits per heavy atom. The lowest BCUT2D eigenvalue weighted by atomic mass is 10.0. The third-order valence-corrected chi connectivity index (χ3v) is 3.33. The Kier molecular flexibility index (Phi) is 5.10. The fraction of sp³-hybridized carbons (Fsp3) is 0.312. The van der Waals surface area contributed by atoms with Gasteiger partial charge in [0.2, 0.25) is 5.91 Å². The van der Waals surface area contributed by atoms with Crippen LogP contribution >= 0.6 is 0 Å². The SMILES string of the molecule is CC(C)[C@H](NC(=O)c1ccccc1F)C(=O)Nc1cnn(C)c1. The van der Waals surface area contributed by atoms with Crippen LogP contribution in [0.1, 0.15) is 24.2 Å². The molecule has 2 rings (SSSR count). The Hall–Kier alpha value is -2.70. The van der Waals surface area contributed by atoms with Crippen LogP contribution in [0.15, 0.2) is 36.7 Å². The van der Waals surface area contributed by atoms with E-state index in [4.69, 9.17) is 0 Å². The molecule has 1 heterocycles. The molecule has 6 nitrogen and oxygen atoms in total. The Balaban J connectivity index is 2.10. The molecule has 0 fully saturated rings. The number of carbonyl (C=O) groups excluding carboxylic acids is 2. The number of aryl methyl sites for hydroxylation is 1. The largest absolute Gasteiger partial charge is 0.340 e. The van der Waals surface area contributed by atoms with E-state index in [9.17, 15) is 14.0 Å². The topological polar surface area (TPSA) is 76.0 Å². The van der Waals surface area contributed by atoms with Gasteiger partial charge in [-0.15, -0.1) is 0 Å². The molecule has 0 spiro atoms. The first-order valence-electron chi connectivity index (χ1n) is 7.23. The van der Waals surface area contributed by atoms with Gasteiger partial charge in [-0.25, -0.2) is 4.39 Å². The molecule has 122 valence electrons. The first-order chi connectivity index (χ1) is 10.9. The van der Waals surface area contributed by atoms with Crippen molar-refractivity contribution in [3.8, 4) is 0 Å². The van der Waals surface area contributed by atoms with Gasteiger partial charge in [-0.05, 0) is 18.1 Å². The predicted molar refractivity (Wildman–Crippen MR) is 84.3 cm³/mol. The second-order valence-electron chi connectivity index (χ2n) is 5.57. The van der Waals surface area contributed by atoms with E-state index in [2.05, 4.69) is 15.7 Å². The summed E-state index contributed by atoms with van der Waals surface area (Å²) in [5.74, 6) is -1.79. The number of carbonyl (C=O) groups is 2. The van der Waals surface area contributed by atoms with E-state index in [1.165, 1.54) is 24.4 Å². The van der Waals surface area contributed by atoms with E-state index in [0.29, 0.717) is 5.69 Å². The monoisotopic (exact) mass is 318 g/mol. The molecule has 0 bridgehead atoms. The van der Waals surface area contributed by atoms with Gasteiger partial charge in [0.1, 0.15) is 11.9 Å². The number of rotatable bonds is 5. The number of halogens is 1. The zero-order chi connectivity index (χ0) is 17.0. The molecule has 7 heteroatoms. The summed E-state index contributed by atoms with van der Waals surface area (Å²) in [7, 11) is 1.73. The molecule has 0 saturated carbocycles. The van der Waals surface area contributed by atoms with Crippen LogP contribution in [0.3, 0.4) is 0 Å². The molecule has 1 aromatic heterocycles. The average molecular weight is 318 g/mol. The molecule has 0 aliphatic rings. The molecular weight excluding hydrogens is 299 g/mol. The summed E-state index contributed by atoms with van der Waals surface area (Å²) in [6, 6.07) is 4.86. The lowest BCUT2D eigenvalue weighted by Gasteiger charge is -2.21. The van der Waals surface area contributed by atoms with E-state index in [0.717, 1.165) is 0 Å². The Bertz CT molecular complexity index is 712. The Morgan fingerprint density at radius 3 is 2.52 bits per heavy atom. The zero-order valence-electron chi connectivity index (χ0n) is 13.2.